The van der Waals surface area contributed by atoms with E-state index in [0.717, 1.165) is 28.8 Å². The molecule has 1 amide bonds. The maximum atomic E-state index is 12.1. The summed E-state index contributed by atoms with van der Waals surface area (Å²) in [6.07, 6.45) is 1.46. The van der Waals surface area contributed by atoms with Crippen molar-refractivity contribution in [2.75, 3.05) is 24.0 Å². The highest BCUT2D eigenvalue weighted by Gasteiger charge is 2.16. The SMILES string of the molecule is COc1ccc(-c2cc(-c3nnc(SCC(=O)Nc4ccc(Cl)cn4)n3N)[nH]n2)cc1. The fourth-order valence-corrected chi connectivity index (χ4v) is 3.43. The number of carbonyl (C=O) groups excluding carboxylic acids is 1. The number of amides is 1. The number of hydrogen-bond donors (Lipinski definition) is 3. The number of ether oxygens (including phenoxy) is 1. The number of methoxy groups -OCH3 is 1. The smallest absolute Gasteiger partial charge is 0.236 e. The van der Waals surface area contributed by atoms with Gasteiger partial charge in [0, 0.05) is 11.8 Å². The lowest BCUT2D eigenvalue weighted by Crippen LogP contribution is -2.17. The minimum absolute atomic E-state index is 0.0830. The highest BCUT2D eigenvalue weighted by Crippen LogP contribution is 2.26. The number of anilines is 1. The average Bonchev–Trinajstić information content (AvgIpc) is 3.41. The molecule has 0 saturated carbocycles. The molecular formula is C19H17ClN8O2S. The fraction of sp³-hybridized carbons (Fsp3) is 0.105. The van der Waals surface area contributed by atoms with Crippen molar-refractivity contribution in [1.29, 1.82) is 0 Å². The number of aromatic nitrogens is 6. The Balaban J connectivity index is 1.41. The molecule has 3 heterocycles. The van der Waals surface area contributed by atoms with Crippen molar-refractivity contribution in [2.45, 2.75) is 5.16 Å². The summed E-state index contributed by atoms with van der Waals surface area (Å²) in [5.41, 5.74) is 2.24. The number of hydrogen-bond acceptors (Lipinski definition) is 8. The van der Waals surface area contributed by atoms with Crippen molar-refractivity contribution in [2.24, 2.45) is 0 Å². The lowest BCUT2D eigenvalue weighted by Gasteiger charge is -2.04. The Bertz CT molecular complexity index is 1190. The summed E-state index contributed by atoms with van der Waals surface area (Å²) in [6.45, 7) is 0. The van der Waals surface area contributed by atoms with Gasteiger partial charge in [-0.1, -0.05) is 23.4 Å². The zero-order chi connectivity index (χ0) is 21.8. The van der Waals surface area contributed by atoms with Gasteiger partial charge < -0.3 is 15.9 Å². The van der Waals surface area contributed by atoms with Gasteiger partial charge >= 0.3 is 0 Å². The number of H-pyrrole nitrogens is 1. The fourth-order valence-electron chi connectivity index (χ4n) is 2.66. The number of carbonyl (C=O) groups is 1. The van der Waals surface area contributed by atoms with Crippen LogP contribution >= 0.6 is 23.4 Å². The number of benzene rings is 1. The highest BCUT2D eigenvalue weighted by atomic mass is 35.5. The van der Waals surface area contributed by atoms with Crippen LogP contribution in [0.15, 0.2) is 53.8 Å². The predicted molar refractivity (Wildman–Crippen MR) is 118 cm³/mol. The van der Waals surface area contributed by atoms with E-state index in [9.17, 15) is 4.79 Å². The Morgan fingerprint density at radius 2 is 2.06 bits per heavy atom. The van der Waals surface area contributed by atoms with Gasteiger partial charge in [-0.2, -0.15) is 5.10 Å². The van der Waals surface area contributed by atoms with Crippen LogP contribution in [0.5, 0.6) is 5.75 Å². The lowest BCUT2D eigenvalue weighted by molar-refractivity contribution is -0.113. The number of nitrogens with one attached hydrogen (secondary N) is 2. The quantitative estimate of drug-likeness (QED) is 0.285. The standard InChI is InChI=1S/C19H17ClN8O2S/c1-30-13-5-2-11(3-6-13)14-8-15(25-24-14)18-26-27-19(28(18)21)31-10-17(29)23-16-7-4-12(20)9-22-16/h2-9H,10,21H2,1H3,(H,24,25)(H,22,23,29). The van der Waals surface area contributed by atoms with Crippen LogP contribution in [0.25, 0.3) is 22.8 Å². The van der Waals surface area contributed by atoms with Gasteiger partial charge in [0.1, 0.15) is 17.3 Å². The number of thioether (sulfide) groups is 1. The molecule has 0 unspecified atom stereocenters. The molecule has 0 aliphatic rings. The topological polar surface area (TPSA) is 137 Å². The minimum atomic E-state index is -0.257. The van der Waals surface area contributed by atoms with Crippen LogP contribution in [0, 0.1) is 0 Å². The Morgan fingerprint density at radius 1 is 1.26 bits per heavy atom. The molecule has 10 nitrogen and oxygen atoms in total. The summed E-state index contributed by atoms with van der Waals surface area (Å²) in [4.78, 5) is 16.2. The molecule has 4 rings (SSSR count). The molecule has 4 aromatic rings. The summed E-state index contributed by atoms with van der Waals surface area (Å²) in [5.74, 6) is 7.52. The maximum absolute atomic E-state index is 12.1. The van der Waals surface area contributed by atoms with E-state index in [1.165, 1.54) is 10.9 Å². The van der Waals surface area contributed by atoms with Crippen molar-refractivity contribution < 1.29 is 9.53 Å². The van der Waals surface area contributed by atoms with Gasteiger partial charge in [0.05, 0.1) is 23.6 Å². The molecule has 0 aliphatic carbocycles. The van der Waals surface area contributed by atoms with Gasteiger partial charge in [-0.3, -0.25) is 9.89 Å². The molecular weight excluding hydrogens is 440 g/mol. The van der Waals surface area contributed by atoms with E-state index < -0.39 is 0 Å². The third-order valence-electron chi connectivity index (χ3n) is 4.20. The molecule has 0 radical (unpaired) electrons. The van der Waals surface area contributed by atoms with E-state index in [1.54, 1.807) is 19.2 Å². The first kappa shape index (κ1) is 20.7. The Morgan fingerprint density at radius 3 is 2.77 bits per heavy atom. The summed E-state index contributed by atoms with van der Waals surface area (Å²) < 4.78 is 6.48. The van der Waals surface area contributed by atoms with Gasteiger partial charge in [0.15, 0.2) is 0 Å². The van der Waals surface area contributed by atoms with Crippen LogP contribution in [-0.2, 0) is 4.79 Å². The number of halogens is 1. The van der Waals surface area contributed by atoms with E-state index in [0.29, 0.717) is 27.5 Å². The van der Waals surface area contributed by atoms with Crippen molar-refractivity contribution in [3.8, 4) is 28.5 Å². The summed E-state index contributed by atoms with van der Waals surface area (Å²) in [6, 6.07) is 12.6. The molecule has 3 aromatic heterocycles. The van der Waals surface area contributed by atoms with E-state index in [2.05, 4.69) is 30.7 Å². The van der Waals surface area contributed by atoms with Crippen LogP contribution in [0.3, 0.4) is 0 Å². The molecule has 0 atom stereocenters. The van der Waals surface area contributed by atoms with E-state index >= 15 is 0 Å². The minimum Gasteiger partial charge on any atom is -0.497 e. The second-order valence-electron chi connectivity index (χ2n) is 6.27. The molecule has 31 heavy (non-hydrogen) atoms. The molecule has 1 aromatic carbocycles. The van der Waals surface area contributed by atoms with Crippen LogP contribution < -0.4 is 15.9 Å². The second kappa shape index (κ2) is 9.06. The molecule has 0 bridgehead atoms. The normalized spacial score (nSPS) is 10.8. The van der Waals surface area contributed by atoms with Crippen molar-refractivity contribution in [3.63, 3.8) is 0 Å². The second-order valence-corrected chi connectivity index (χ2v) is 7.65. The molecule has 0 saturated heterocycles. The maximum Gasteiger partial charge on any atom is 0.236 e. The molecule has 0 fully saturated rings. The van der Waals surface area contributed by atoms with Crippen LogP contribution in [0.4, 0.5) is 5.82 Å². The Kier molecular flexibility index (Phi) is 6.05. The summed E-state index contributed by atoms with van der Waals surface area (Å²) in [7, 11) is 1.61. The van der Waals surface area contributed by atoms with Gasteiger partial charge in [0.25, 0.3) is 0 Å². The van der Waals surface area contributed by atoms with Crippen LogP contribution in [0.1, 0.15) is 0 Å². The zero-order valence-electron chi connectivity index (χ0n) is 16.2. The number of pyridine rings is 1. The van der Waals surface area contributed by atoms with E-state index in [1.807, 2.05) is 30.3 Å². The van der Waals surface area contributed by atoms with E-state index in [4.69, 9.17) is 22.2 Å². The largest absolute Gasteiger partial charge is 0.497 e. The van der Waals surface area contributed by atoms with Gasteiger partial charge in [0.2, 0.25) is 16.9 Å². The Hall–Kier alpha value is -3.57. The first-order valence-corrected chi connectivity index (χ1v) is 10.3. The van der Waals surface area contributed by atoms with Crippen molar-refractivity contribution >= 4 is 35.1 Å². The number of aromatic amines is 1. The number of rotatable bonds is 7. The van der Waals surface area contributed by atoms with Crippen LogP contribution in [-0.4, -0.2) is 48.8 Å². The molecule has 0 aliphatic heterocycles. The third-order valence-corrected chi connectivity index (χ3v) is 5.36. The van der Waals surface area contributed by atoms with Gasteiger partial charge in [-0.05, 0) is 42.5 Å². The predicted octanol–water partition coefficient (Wildman–Crippen LogP) is 2.84. The third kappa shape index (κ3) is 4.78. The van der Waals surface area contributed by atoms with Gasteiger partial charge in [-0.25, -0.2) is 9.66 Å². The average molecular weight is 457 g/mol. The molecule has 0 spiro atoms. The lowest BCUT2D eigenvalue weighted by atomic mass is 10.1. The summed E-state index contributed by atoms with van der Waals surface area (Å²) >= 11 is 6.94. The van der Waals surface area contributed by atoms with E-state index in [-0.39, 0.29) is 11.7 Å². The highest BCUT2D eigenvalue weighted by molar-refractivity contribution is 7.99. The van der Waals surface area contributed by atoms with Crippen LogP contribution in [0.2, 0.25) is 5.02 Å². The molecule has 4 N–H and O–H groups in total. The summed E-state index contributed by atoms with van der Waals surface area (Å²) in [5, 5.41) is 18.9. The van der Waals surface area contributed by atoms with Crippen molar-refractivity contribution in [3.05, 3.63) is 53.7 Å². The van der Waals surface area contributed by atoms with Gasteiger partial charge in [-0.15, -0.1) is 10.2 Å². The Labute approximate surface area is 186 Å². The molecule has 158 valence electrons. The monoisotopic (exact) mass is 456 g/mol. The number of nitrogens with two attached hydrogens (primary N) is 1. The first-order valence-electron chi connectivity index (χ1n) is 8.98. The zero-order valence-corrected chi connectivity index (χ0v) is 17.8. The number of nitrogens with zero attached hydrogens (tertiary/aromatic N) is 5. The first-order chi connectivity index (χ1) is 15.0. The number of nitrogen functional groups attached to an aromatic ring is 1. The molecule has 12 heteroatoms. The van der Waals surface area contributed by atoms with Crippen molar-refractivity contribution in [1.82, 2.24) is 30.1 Å².